The van der Waals surface area contributed by atoms with Gasteiger partial charge in [-0.3, -0.25) is 0 Å². The summed E-state index contributed by atoms with van der Waals surface area (Å²) in [7, 11) is 1.17. The van der Waals surface area contributed by atoms with Crippen LogP contribution >= 0.6 is 23.2 Å². The molecule has 0 fully saturated rings. The number of halogens is 2. The molecule has 0 aliphatic carbocycles. The van der Waals surface area contributed by atoms with Gasteiger partial charge in [-0.2, -0.15) is 0 Å². The predicted octanol–water partition coefficient (Wildman–Crippen LogP) is 5.56. The van der Waals surface area contributed by atoms with Gasteiger partial charge in [-0.05, 0) is 52.0 Å². The lowest BCUT2D eigenvalue weighted by Crippen LogP contribution is -2.12. The molecule has 0 heterocycles. The van der Waals surface area contributed by atoms with Crippen molar-refractivity contribution >= 4 is 30.9 Å². The highest BCUT2D eigenvalue weighted by Gasteiger charge is 2.10. The predicted molar refractivity (Wildman–Crippen MR) is 101 cm³/mol. The second-order valence-electron chi connectivity index (χ2n) is 5.85. The van der Waals surface area contributed by atoms with Crippen LogP contribution in [0, 0.1) is 0 Å². The lowest BCUT2D eigenvalue weighted by molar-refractivity contribution is 0.242. The van der Waals surface area contributed by atoms with Gasteiger partial charge >= 0.3 is 7.69 Å². The number of ether oxygens (including phenoxy) is 2. The molecule has 2 aromatic rings. The third-order valence-corrected chi connectivity index (χ3v) is 3.49. The molecule has 0 unspecified atom stereocenters. The topological polar surface area (TPSA) is 36.9 Å². The van der Waals surface area contributed by atoms with Crippen molar-refractivity contribution in [3.05, 3.63) is 46.4 Å². The molecule has 0 saturated heterocycles. The zero-order valence-electron chi connectivity index (χ0n) is 14.6. The van der Waals surface area contributed by atoms with E-state index in [2.05, 4.69) is 0 Å². The second-order valence-corrected chi connectivity index (χ2v) is 6.66. The molecule has 0 atom stereocenters. The summed E-state index contributed by atoms with van der Waals surface area (Å²) in [4.78, 5) is 0. The van der Waals surface area contributed by atoms with Crippen LogP contribution in [0.4, 0.5) is 0 Å². The Bertz CT molecular complexity index is 648. The van der Waals surface area contributed by atoms with Crippen molar-refractivity contribution in [2.45, 2.75) is 39.9 Å². The van der Waals surface area contributed by atoms with E-state index in [4.69, 9.17) is 42.0 Å². The maximum absolute atomic E-state index is 6.17. The Morgan fingerprint density at radius 3 is 1.44 bits per heavy atom. The van der Waals surface area contributed by atoms with E-state index in [1.165, 1.54) is 7.69 Å². The first-order chi connectivity index (χ1) is 11.8. The average molecular weight is 382 g/mol. The summed E-state index contributed by atoms with van der Waals surface area (Å²) < 4.78 is 22.0. The maximum Gasteiger partial charge on any atom is 0.658 e. The molecule has 0 aliphatic heterocycles. The van der Waals surface area contributed by atoms with Crippen LogP contribution in [0.25, 0.3) is 0 Å². The van der Waals surface area contributed by atoms with Gasteiger partial charge in [0.05, 0.1) is 22.3 Å². The van der Waals surface area contributed by atoms with Crippen molar-refractivity contribution < 1.29 is 18.8 Å². The molecule has 7 heteroatoms. The first-order valence-electron chi connectivity index (χ1n) is 7.92. The summed E-state index contributed by atoms with van der Waals surface area (Å²) in [5, 5.41) is 0.842. The zero-order chi connectivity index (χ0) is 18.4. The normalized spacial score (nSPS) is 10.7. The molecule has 4 nitrogen and oxygen atoms in total. The summed E-state index contributed by atoms with van der Waals surface area (Å²) in [6.07, 6.45) is 0.144. The molecule has 1 radical (unpaired) electrons. The summed E-state index contributed by atoms with van der Waals surface area (Å²) in [6, 6.07) is 10.4. The summed E-state index contributed by atoms with van der Waals surface area (Å²) >= 11 is 12.3. The van der Waals surface area contributed by atoms with E-state index in [9.17, 15) is 0 Å². The minimum atomic E-state index is 0.0718. The van der Waals surface area contributed by atoms with E-state index in [-0.39, 0.29) is 12.2 Å². The van der Waals surface area contributed by atoms with Crippen molar-refractivity contribution in [1.29, 1.82) is 0 Å². The van der Waals surface area contributed by atoms with Gasteiger partial charge in [0.25, 0.3) is 0 Å². The Morgan fingerprint density at radius 2 is 1.12 bits per heavy atom. The van der Waals surface area contributed by atoms with Gasteiger partial charge in [0, 0.05) is 12.1 Å². The van der Waals surface area contributed by atoms with Crippen molar-refractivity contribution in [3.8, 4) is 23.0 Å². The van der Waals surface area contributed by atoms with Crippen LogP contribution in [-0.4, -0.2) is 19.9 Å². The second kappa shape index (κ2) is 9.11. The number of benzene rings is 2. The molecule has 0 aliphatic rings. The van der Waals surface area contributed by atoms with Gasteiger partial charge in [0.1, 0.15) is 23.0 Å². The Morgan fingerprint density at radius 1 is 0.720 bits per heavy atom. The van der Waals surface area contributed by atoms with Crippen LogP contribution in [0.15, 0.2) is 36.4 Å². The summed E-state index contributed by atoms with van der Waals surface area (Å²) in [5.74, 6) is 2.26. The lowest BCUT2D eigenvalue weighted by Gasteiger charge is -2.13. The highest BCUT2D eigenvalue weighted by molar-refractivity contribution is 6.34. The van der Waals surface area contributed by atoms with Crippen LogP contribution in [0.2, 0.25) is 10.0 Å². The summed E-state index contributed by atoms with van der Waals surface area (Å²) in [5.41, 5.74) is 0. The number of rotatable bonds is 8. The van der Waals surface area contributed by atoms with E-state index >= 15 is 0 Å². The van der Waals surface area contributed by atoms with E-state index in [0.29, 0.717) is 33.0 Å². The highest BCUT2D eigenvalue weighted by Crippen LogP contribution is 2.31. The molecule has 2 rings (SSSR count). The minimum absolute atomic E-state index is 0.0718. The molecule has 133 valence electrons. The third kappa shape index (κ3) is 6.26. The van der Waals surface area contributed by atoms with Crippen molar-refractivity contribution in [2.24, 2.45) is 0 Å². The standard InChI is InChI=1S/C18H20BCl2O4/c1-11(2)22-13-5-7-17(15(20)9-13)24-19-25-18-8-6-14(10-16(18)21)23-12(3)4/h5-12H,1-4H3. The van der Waals surface area contributed by atoms with Crippen molar-refractivity contribution in [1.82, 2.24) is 0 Å². The SMILES string of the molecule is CC(C)Oc1ccc(O[B]Oc2ccc(OC(C)C)cc2Cl)c(Cl)c1. The van der Waals surface area contributed by atoms with Crippen LogP contribution in [0.1, 0.15) is 27.7 Å². The average Bonchev–Trinajstić information content (AvgIpc) is 2.50. The molecule has 0 aromatic heterocycles. The Hall–Kier alpha value is -1.72. The van der Waals surface area contributed by atoms with E-state index in [0.717, 1.165) is 0 Å². The zero-order valence-corrected chi connectivity index (χ0v) is 16.1. The number of hydrogen-bond acceptors (Lipinski definition) is 4. The largest absolute Gasteiger partial charge is 0.658 e. The van der Waals surface area contributed by atoms with E-state index in [1.54, 1.807) is 36.4 Å². The van der Waals surface area contributed by atoms with E-state index in [1.807, 2.05) is 27.7 Å². The van der Waals surface area contributed by atoms with Crippen LogP contribution < -0.4 is 18.8 Å². The first kappa shape index (κ1) is 19.6. The highest BCUT2D eigenvalue weighted by atomic mass is 35.5. The molecule has 25 heavy (non-hydrogen) atoms. The molecular weight excluding hydrogens is 362 g/mol. The monoisotopic (exact) mass is 381 g/mol. The fourth-order valence-corrected chi connectivity index (χ4v) is 2.40. The fraction of sp³-hybridized carbons (Fsp3) is 0.333. The maximum atomic E-state index is 6.17. The lowest BCUT2D eigenvalue weighted by atomic mass is 10.2. The quantitative estimate of drug-likeness (QED) is 0.561. The van der Waals surface area contributed by atoms with E-state index < -0.39 is 0 Å². The van der Waals surface area contributed by atoms with Gasteiger partial charge in [0.15, 0.2) is 0 Å². The molecule has 0 N–H and O–H groups in total. The molecule has 0 bridgehead atoms. The van der Waals surface area contributed by atoms with Gasteiger partial charge in [0.2, 0.25) is 0 Å². The van der Waals surface area contributed by atoms with Crippen LogP contribution in [0.3, 0.4) is 0 Å². The van der Waals surface area contributed by atoms with Gasteiger partial charge in [-0.25, -0.2) is 0 Å². The Kier molecular flexibility index (Phi) is 7.15. The van der Waals surface area contributed by atoms with Gasteiger partial charge < -0.3 is 18.8 Å². The van der Waals surface area contributed by atoms with Crippen LogP contribution in [0.5, 0.6) is 23.0 Å². The number of hydrogen-bond donors (Lipinski definition) is 0. The van der Waals surface area contributed by atoms with Gasteiger partial charge in [-0.15, -0.1) is 0 Å². The smallest absolute Gasteiger partial charge is 0.525 e. The molecule has 0 spiro atoms. The summed E-state index contributed by atoms with van der Waals surface area (Å²) in [6.45, 7) is 7.78. The molecular formula is C18H20BCl2O4. The minimum Gasteiger partial charge on any atom is -0.525 e. The first-order valence-corrected chi connectivity index (χ1v) is 8.68. The fourth-order valence-electron chi connectivity index (χ4n) is 1.97. The molecule has 0 saturated carbocycles. The molecule has 0 amide bonds. The van der Waals surface area contributed by atoms with Crippen molar-refractivity contribution in [2.75, 3.05) is 0 Å². The Labute approximate surface area is 159 Å². The Balaban J connectivity index is 1.92. The molecule has 2 aromatic carbocycles. The van der Waals surface area contributed by atoms with Crippen LogP contribution in [-0.2, 0) is 0 Å². The third-order valence-electron chi connectivity index (χ3n) is 2.90. The van der Waals surface area contributed by atoms with Crippen molar-refractivity contribution in [3.63, 3.8) is 0 Å². The van der Waals surface area contributed by atoms with Gasteiger partial charge in [-0.1, -0.05) is 23.2 Å².